The van der Waals surface area contributed by atoms with Crippen LogP contribution in [0.1, 0.15) is 18.4 Å². The quantitative estimate of drug-likeness (QED) is 0.402. The SMILES string of the molecule is CCc1nc(C)c[nH]1.O=S(=O)(O)c1cc2ccccc2c(S(=O)(=O)O)c1S(=O)(=O)O. The lowest BCUT2D eigenvalue weighted by Gasteiger charge is -2.12. The fourth-order valence-electron chi connectivity index (χ4n) is 2.61. The summed E-state index contributed by atoms with van der Waals surface area (Å²) in [4.78, 5) is 2.91. The number of nitrogens with zero attached hydrogens (tertiary/aromatic N) is 1. The molecule has 0 radical (unpaired) electrons. The van der Waals surface area contributed by atoms with Gasteiger partial charge in [0, 0.05) is 18.0 Å². The second-order valence-electron chi connectivity index (χ2n) is 6.02. The van der Waals surface area contributed by atoms with Crippen LogP contribution >= 0.6 is 0 Å². The van der Waals surface area contributed by atoms with Gasteiger partial charge in [-0.15, -0.1) is 0 Å². The summed E-state index contributed by atoms with van der Waals surface area (Å²) >= 11 is 0. The van der Waals surface area contributed by atoms with Crippen LogP contribution in [0.3, 0.4) is 0 Å². The topological polar surface area (TPSA) is 192 Å². The molecule has 3 aromatic rings. The van der Waals surface area contributed by atoms with Crippen LogP contribution in [0.15, 0.2) is 51.2 Å². The molecule has 0 atom stereocenters. The maximum absolute atomic E-state index is 11.5. The predicted octanol–water partition coefficient (Wildman–Crippen LogP) is 1.86. The summed E-state index contributed by atoms with van der Waals surface area (Å²) < 4.78 is 96.0. The molecular weight excluding hydrogens is 460 g/mol. The first kappa shape index (κ1) is 23.9. The zero-order valence-corrected chi connectivity index (χ0v) is 18.1. The zero-order chi connectivity index (χ0) is 22.9. The van der Waals surface area contributed by atoms with Gasteiger partial charge in [-0.3, -0.25) is 13.7 Å². The van der Waals surface area contributed by atoms with Gasteiger partial charge in [0.15, 0.2) is 0 Å². The van der Waals surface area contributed by atoms with Gasteiger partial charge in [-0.1, -0.05) is 31.2 Å². The van der Waals surface area contributed by atoms with E-state index in [1.165, 1.54) is 18.2 Å². The van der Waals surface area contributed by atoms with E-state index in [0.717, 1.165) is 24.0 Å². The highest BCUT2D eigenvalue weighted by Crippen LogP contribution is 2.35. The number of aromatic amines is 1. The van der Waals surface area contributed by atoms with Gasteiger partial charge in [0.05, 0.1) is 5.69 Å². The molecule has 2 aromatic carbocycles. The van der Waals surface area contributed by atoms with E-state index in [2.05, 4.69) is 16.9 Å². The Balaban J connectivity index is 0.000000335. The molecule has 0 fully saturated rings. The minimum atomic E-state index is -5.40. The Bertz CT molecular complexity index is 1410. The lowest BCUT2D eigenvalue weighted by Crippen LogP contribution is -2.15. The van der Waals surface area contributed by atoms with Crippen LogP contribution in [0.5, 0.6) is 0 Å². The summed E-state index contributed by atoms with van der Waals surface area (Å²) in [5, 5.41) is -0.430. The van der Waals surface area contributed by atoms with E-state index in [1.807, 2.05) is 13.1 Å². The Labute approximate surface area is 173 Å². The first-order valence-corrected chi connectivity index (χ1v) is 12.5. The van der Waals surface area contributed by atoms with E-state index in [-0.39, 0.29) is 10.8 Å². The summed E-state index contributed by atoms with van der Waals surface area (Å²) in [5.74, 6) is 1.07. The number of hydrogen-bond donors (Lipinski definition) is 4. The van der Waals surface area contributed by atoms with E-state index >= 15 is 0 Å². The molecule has 14 heteroatoms. The molecule has 0 unspecified atom stereocenters. The second kappa shape index (κ2) is 8.41. The summed E-state index contributed by atoms with van der Waals surface area (Å²) in [7, 11) is -15.8. The summed E-state index contributed by atoms with van der Waals surface area (Å²) in [6.07, 6.45) is 2.91. The highest BCUT2D eigenvalue weighted by atomic mass is 32.2. The van der Waals surface area contributed by atoms with Crippen LogP contribution in [0.25, 0.3) is 10.8 Å². The molecule has 0 spiro atoms. The summed E-state index contributed by atoms with van der Waals surface area (Å²) in [6.45, 7) is 4.06. The molecule has 1 heterocycles. The predicted molar refractivity (Wildman–Crippen MR) is 106 cm³/mol. The smallest absolute Gasteiger partial charge is 0.297 e. The van der Waals surface area contributed by atoms with Crippen LogP contribution in [-0.2, 0) is 36.8 Å². The van der Waals surface area contributed by atoms with Crippen molar-refractivity contribution in [1.82, 2.24) is 9.97 Å². The van der Waals surface area contributed by atoms with Crippen molar-refractivity contribution in [2.45, 2.75) is 35.0 Å². The minimum absolute atomic E-state index is 0.0878. The molecule has 4 N–H and O–H groups in total. The Morgan fingerprint density at radius 1 is 0.900 bits per heavy atom. The first-order valence-electron chi connectivity index (χ1n) is 8.15. The van der Waals surface area contributed by atoms with Crippen LogP contribution in [0.4, 0.5) is 0 Å². The Morgan fingerprint density at radius 3 is 1.87 bits per heavy atom. The minimum Gasteiger partial charge on any atom is -0.348 e. The maximum Gasteiger partial charge on any atom is 0.297 e. The molecule has 0 aliphatic rings. The van der Waals surface area contributed by atoms with Gasteiger partial charge in [-0.2, -0.15) is 25.3 Å². The van der Waals surface area contributed by atoms with Crippen molar-refractivity contribution in [2.24, 2.45) is 0 Å². The van der Waals surface area contributed by atoms with Gasteiger partial charge in [-0.25, -0.2) is 4.98 Å². The molecule has 11 nitrogen and oxygen atoms in total. The van der Waals surface area contributed by atoms with Crippen molar-refractivity contribution in [3.05, 3.63) is 48.0 Å². The number of fused-ring (bicyclic) bond motifs is 1. The third kappa shape index (κ3) is 5.41. The van der Waals surface area contributed by atoms with E-state index in [1.54, 1.807) is 0 Å². The van der Waals surface area contributed by atoms with Crippen molar-refractivity contribution in [1.29, 1.82) is 0 Å². The number of aromatic nitrogens is 2. The van der Waals surface area contributed by atoms with Crippen molar-refractivity contribution >= 4 is 41.1 Å². The zero-order valence-electron chi connectivity index (χ0n) is 15.6. The van der Waals surface area contributed by atoms with Gasteiger partial charge in [0.2, 0.25) is 0 Å². The van der Waals surface area contributed by atoms with E-state index in [9.17, 15) is 29.8 Å². The van der Waals surface area contributed by atoms with E-state index < -0.39 is 45.0 Å². The Kier molecular flexibility index (Phi) is 6.70. The number of benzene rings is 2. The molecule has 3 rings (SSSR count). The largest absolute Gasteiger partial charge is 0.348 e. The third-order valence-electron chi connectivity index (χ3n) is 3.81. The molecule has 0 amide bonds. The van der Waals surface area contributed by atoms with Crippen LogP contribution in [-0.4, -0.2) is 48.9 Å². The second-order valence-corrected chi connectivity index (χ2v) is 10.1. The maximum atomic E-state index is 11.5. The monoisotopic (exact) mass is 478 g/mol. The molecular formula is C16H18N2O9S3. The van der Waals surface area contributed by atoms with Crippen molar-refractivity contribution in [3.63, 3.8) is 0 Å². The normalized spacial score (nSPS) is 12.4. The number of aryl methyl sites for hydroxylation is 2. The Hall–Kier alpha value is -2.36. The fourth-order valence-corrected chi connectivity index (χ4v) is 6.01. The number of nitrogens with one attached hydrogen (secondary N) is 1. The lowest BCUT2D eigenvalue weighted by molar-refractivity contribution is 0.457. The molecule has 0 aliphatic heterocycles. The van der Waals surface area contributed by atoms with Crippen LogP contribution in [0.2, 0.25) is 0 Å². The number of hydrogen-bond acceptors (Lipinski definition) is 7. The molecule has 0 saturated heterocycles. The van der Waals surface area contributed by atoms with Crippen molar-refractivity contribution in [2.75, 3.05) is 0 Å². The van der Waals surface area contributed by atoms with Gasteiger partial charge in [0.1, 0.15) is 20.5 Å². The molecule has 0 aliphatic carbocycles. The highest BCUT2D eigenvalue weighted by Gasteiger charge is 2.34. The Morgan fingerprint density at radius 2 is 1.47 bits per heavy atom. The lowest BCUT2D eigenvalue weighted by atomic mass is 10.1. The molecule has 30 heavy (non-hydrogen) atoms. The molecule has 1 aromatic heterocycles. The van der Waals surface area contributed by atoms with Crippen molar-refractivity contribution < 1.29 is 38.9 Å². The van der Waals surface area contributed by atoms with Gasteiger partial charge in [0.25, 0.3) is 30.4 Å². The summed E-state index contributed by atoms with van der Waals surface area (Å²) in [5.41, 5.74) is 1.07. The first-order chi connectivity index (χ1) is 13.7. The fraction of sp³-hybridized carbons (Fsp3) is 0.188. The van der Waals surface area contributed by atoms with Crippen LogP contribution < -0.4 is 0 Å². The number of rotatable bonds is 4. The van der Waals surface area contributed by atoms with E-state index in [0.29, 0.717) is 6.07 Å². The molecule has 0 saturated carbocycles. The average Bonchev–Trinajstić information content (AvgIpc) is 3.04. The average molecular weight is 479 g/mol. The third-order valence-corrected chi connectivity index (χ3v) is 6.83. The van der Waals surface area contributed by atoms with Gasteiger partial charge in [-0.05, 0) is 18.4 Å². The summed E-state index contributed by atoms with van der Waals surface area (Å²) in [6, 6.07) is 5.69. The number of H-pyrrole nitrogens is 1. The molecule has 164 valence electrons. The van der Waals surface area contributed by atoms with Crippen LogP contribution in [0, 0.1) is 6.92 Å². The molecule has 0 bridgehead atoms. The standard InChI is InChI=1S/C10H8O9S3.C6H10N2/c11-20(12,13)8-5-6-3-1-2-4-7(6)9(21(14,15)16)10(8)22(17,18)19;1-3-6-7-4-5(2)8-6/h1-5H,(H,11,12,13)(H,14,15,16)(H,17,18,19);4H,3H2,1-2H3,(H,7,8). The highest BCUT2D eigenvalue weighted by molar-refractivity contribution is 7.90. The van der Waals surface area contributed by atoms with E-state index in [4.69, 9.17) is 9.11 Å². The van der Waals surface area contributed by atoms with Crippen molar-refractivity contribution in [3.8, 4) is 0 Å². The van der Waals surface area contributed by atoms with Gasteiger partial charge >= 0.3 is 0 Å². The van der Waals surface area contributed by atoms with Gasteiger partial charge < -0.3 is 4.98 Å². The number of imidazole rings is 1.